The molecule has 1 aromatic heterocycles. The minimum atomic E-state index is -3.89. The van der Waals surface area contributed by atoms with Gasteiger partial charge in [-0.1, -0.05) is 17.3 Å². The Morgan fingerprint density at radius 3 is 2.35 bits per heavy atom. The van der Waals surface area contributed by atoms with Gasteiger partial charge in [-0.15, -0.1) is 0 Å². The van der Waals surface area contributed by atoms with E-state index < -0.39 is 22.0 Å². The molecule has 0 radical (unpaired) electrons. The average molecular weight is 380 g/mol. The minimum Gasteiger partial charge on any atom is -0.378 e. The Morgan fingerprint density at radius 1 is 1.23 bits per heavy atom. The van der Waals surface area contributed by atoms with Crippen molar-refractivity contribution in [2.75, 3.05) is 19.0 Å². The number of amides is 1. The fourth-order valence-corrected chi connectivity index (χ4v) is 3.99. The Labute approximate surface area is 153 Å². The number of aryl methyl sites for hydroxylation is 2. The second-order valence-electron chi connectivity index (χ2n) is 6.27. The number of hydrogen-bond donors (Lipinski definition) is 2. The van der Waals surface area contributed by atoms with Crippen molar-refractivity contribution in [1.29, 1.82) is 0 Å². The van der Waals surface area contributed by atoms with Crippen molar-refractivity contribution in [2.45, 2.75) is 38.3 Å². The highest BCUT2D eigenvalue weighted by Gasteiger charge is 2.27. The summed E-state index contributed by atoms with van der Waals surface area (Å²) in [6, 6.07) is 6.79. The van der Waals surface area contributed by atoms with Gasteiger partial charge in [-0.05, 0) is 38.5 Å². The number of hydrogen-bond acceptors (Lipinski definition) is 6. The van der Waals surface area contributed by atoms with E-state index in [1.54, 1.807) is 0 Å². The highest BCUT2D eigenvalue weighted by Crippen LogP contribution is 2.19. The number of nitrogens with one attached hydrogen (secondary N) is 2. The first-order valence-electron chi connectivity index (χ1n) is 8.11. The maximum atomic E-state index is 12.4. The molecule has 0 spiro atoms. The van der Waals surface area contributed by atoms with E-state index in [-0.39, 0.29) is 16.3 Å². The predicted octanol–water partition coefficient (Wildman–Crippen LogP) is 1.34. The first-order chi connectivity index (χ1) is 12.1. The normalized spacial score (nSPS) is 12.7. The molecule has 0 aliphatic heterocycles. The zero-order valence-electron chi connectivity index (χ0n) is 15.5. The fourth-order valence-electron chi connectivity index (χ4n) is 2.46. The monoisotopic (exact) mass is 380 g/mol. The third-order valence-corrected chi connectivity index (χ3v) is 5.67. The number of aromatic nitrogens is 1. The summed E-state index contributed by atoms with van der Waals surface area (Å²) in [6.45, 7) is 4.84. The molecule has 0 bridgehead atoms. The van der Waals surface area contributed by atoms with Crippen LogP contribution < -0.4 is 14.9 Å². The van der Waals surface area contributed by atoms with E-state index >= 15 is 0 Å². The first-order valence-corrected chi connectivity index (χ1v) is 9.59. The molecule has 0 unspecified atom stereocenters. The van der Waals surface area contributed by atoms with Crippen molar-refractivity contribution in [3.8, 4) is 0 Å². The van der Waals surface area contributed by atoms with Gasteiger partial charge in [-0.3, -0.25) is 4.79 Å². The van der Waals surface area contributed by atoms with Gasteiger partial charge in [0.2, 0.25) is 15.9 Å². The third-order valence-electron chi connectivity index (χ3n) is 3.88. The van der Waals surface area contributed by atoms with Gasteiger partial charge in [-0.2, -0.15) is 4.72 Å². The summed E-state index contributed by atoms with van der Waals surface area (Å²) < 4.78 is 32.1. The van der Waals surface area contributed by atoms with Gasteiger partial charge in [0.05, 0.1) is 6.04 Å². The zero-order valence-corrected chi connectivity index (χ0v) is 16.3. The van der Waals surface area contributed by atoms with E-state index in [9.17, 15) is 13.2 Å². The molecule has 26 heavy (non-hydrogen) atoms. The van der Waals surface area contributed by atoms with Crippen molar-refractivity contribution in [1.82, 2.24) is 15.2 Å². The molecule has 2 N–H and O–H groups in total. The molecule has 2 aromatic rings. The van der Waals surface area contributed by atoms with E-state index in [1.807, 2.05) is 43.3 Å². The fraction of sp³-hybridized carbons (Fsp3) is 0.412. The molecule has 1 heterocycles. The Bertz CT molecular complexity index is 853. The Hall–Kier alpha value is -2.39. The number of benzene rings is 1. The summed E-state index contributed by atoms with van der Waals surface area (Å²) in [7, 11) is 0.00266. The molecule has 142 valence electrons. The summed E-state index contributed by atoms with van der Waals surface area (Å²) in [5.41, 5.74) is 2.23. The second-order valence-corrected chi connectivity index (χ2v) is 7.93. The molecule has 1 atom stereocenters. The van der Waals surface area contributed by atoms with Crippen molar-refractivity contribution >= 4 is 21.6 Å². The number of carbonyl (C=O) groups excluding carboxylic acids is 1. The molecule has 2 rings (SSSR count). The van der Waals surface area contributed by atoms with E-state index in [0.717, 1.165) is 11.3 Å². The van der Waals surface area contributed by atoms with Gasteiger partial charge < -0.3 is 14.7 Å². The van der Waals surface area contributed by atoms with Crippen LogP contribution in [0, 0.1) is 13.8 Å². The van der Waals surface area contributed by atoms with Crippen LogP contribution in [0.25, 0.3) is 0 Å². The predicted molar refractivity (Wildman–Crippen MR) is 98.4 cm³/mol. The Balaban J connectivity index is 1.97. The molecule has 0 saturated heterocycles. The van der Waals surface area contributed by atoms with Crippen molar-refractivity contribution < 1.29 is 17.7 Å². The quantitative estimate of drug-likeness (QED) is 0.751. The maximum Gasteiger partial charge on any atom is 0.246 e. The van der Waals surface area contributed by atoms with Crippen LogP contribution in [0.2, 0.25) is 0 Å². The van der Waals surface area contributed by atoms with Gasteiger partial charge in [0, 0.05) is 26.3 Å². The lowest BCUT2D eigenvalue weighted by Gasteiger charge is -2.15. The lowest BCUT2D eigenvalue weighted by Crippen LogP contribution is -2.44. The van der Waals surface area contributed by atoms with Crippen LogP contribution in [0.15, 0.2) is 33.7 Å². The summed E-state index contributed by atoms with van der Waals surface area (Å²) in [5, 5.41) is 6.36. The van der Waals surface area contributed by atoms with Crippen LogP contribution in [0.5, 0.6) is 0 Å². The summed E-state index contributed by atoms with van der Waals surface area (Å²) >= 11 is 0. The molecular formula is C17H24N4O4S. The molecule has 0 fully saturated rings. The SMILES string of the molecule is Cc1noc(C)c1S(=O)(=O)N[C@@H](C)C(=O)NCc1ccc(N(C)C)cc1. The lowest BCUT2D eigenvalue weighted by molar-refractivity contribution is -0.122. The molecule has 9 heteroatoms. The van der Waals surface area contributed by atoms with Crippen molar-refractivity contribution in [3.05, 3.63) is 41.3 Å². The van der Waals surface area contributed by atoms with Crippen LogP contribution in [0.3, 0.4) is 0 Å². The summed E-state index contributed by atoms with van der Waals surface area (Å²) in [4.78, 5) is 14.2. The van der Waals surface area contributed by atoms with E-state index in [2.05, 4.69) is 15.2 Å². The van der Waals surface area contributed by atoms with Crippen LogP contribution in [0.1, 0.15) is 23.9 Å². The summed E-state index contributed by atoms with van der Waals surface area (Å²) in [5.74, 6) is -0.236. The number of nitrogens with zero attached hydrogens (tertiary/aromatic N) is 2. The number of sulfonamides is 1. The molecule has 0 saturated carbocycles. The highest BCUT2D eigenvalue weighted by molar-refractivity contribution is 7.89. The van der Waals surface area contributed by atoms with E-state index in [4.69, 9.17) is 4.52 Å². The van der Waals surface area contributed by atoms with E-state index in [0.29, 0.717) is 6.54 Å². The third kappa shape index (κ3) is 4.61. The van der Waals surface area contributed by atoms with Crippen LogP contribution in [-0.4, -0.2) is 39.6 Å². The molecule has 1 aromatic carbocycles. The van der Waals surface area contributed by atoms with Gasteiger partial charge in [0.15, 0.2) is 5.76 Å². The largest absolute Gasteiger partial charge is 0.378 e. The lowest BCUT2D eigenvalue weighted by atomic mass is 10.2. The van der Waals surface area contributed by atoms with Gasteiger partial charge >= 0.3 is 0 Å². The molecular weight excluding hydrogens is 356 g/mol. The molecule has 1 amide bonds. The molecule has 0 aliphatic rings. The topological polar surface area (TPSA) is 105 Å². The van der Waals surface area contributed by atoms with Crippen LogP contribution in [0.4, 0.5) is 5.69 Å². The highest BCUT2D eigenvalue weighted by atomic mass is 32.2. The Morgan fingerprint density at radius 2 is 1.85 bits per heavy atom. The molecule has 8 nitrogen and oxygen atoms in total. The zero-order chi connectivity index (χ0) is 19.5. The van der Waals surface area contributed by atoms with Crippen molar-refractivity contribution in [2.24, 2.45) is 0 Å². The van der Waals surface area contributed by atoms with Gasteiger partial charge in [0.25, 0.3) is 0 Å². The van der Waals surface area contributed by atoms with Gasteiger partial charge in [-0.25, -0.2) is 8.42 Å². The number of carbonyl (C=O) groups is 1. The smallest absolute Gasteiger partial charge is 0.246 e. The van der Waals surface area contributed by atoms with E-state index in [1.165, 1.54) is 20.8 Å². The average Bonchev–Trinajstić information content (AvgIpc) is 2.91. The maximum absolute atomic E-state index is 12.4. The standard InChI is InChI=1S/C17H24N4O4S/c1-11-16(13(3)25-19-11)26(23,24)20-12(2)17(22)18-10-14-6-8-15(9-7-14)21(4)5/h6-9,12,20H,10H2,1-5H3,(H,18,22)/t12-/m0/s1. The van der Waals surface area contributed by atoms with Gasteiger partial charge in [0.1, 0.15) is 10.6 Å². The van der Waals surface area contributed by atoms with Crippen molar-refractivity contribution in [3.63, 3.8) is 0 Å². The summed E-state index contributed by atoms with van der Waals surface area (Å²) in [6.07, 6.45) is 0. The minimum absolute atomic E-state index is 0.0311. The second kappa shape index (κ2) is 7.88. The Kier molecular flexibility index (Phi) is 6.04. The van der Waals surface area contributed by atoms with Crippen LogP contribution >= 0.6 is 0 Å². The molecule has 0 aliphatic carbocycles. The number of rotatable bonds is 7. The van der Waals surface area contributed by atoms with Crippen LogP contribution in [-0.2, 0) is 21.4 Å². The first kappa shape index (κ1) is 19.9. The number of anilines is 1.